The van der Waals surface area contributed by atoms with E-state index in [0.29, 0.717) is 6.54 Å². The van der Waals surface area contributed by atoms with Crippen LogP contribution in [0.25, 0.3) is 0 Å². The SMILES string of the molecule is COCC(NCC1CCCO1)(C(N)=O)c1ccccc1. The van der Waals surface area contributed by atoms with Gasteiger partial charge in [0.1, 0.15) is 5.54 Å². The maximum atomic E-state index is 12.1. The average molecular weight is 278 g/mol. The van der Waals surface area contributed by atoms with Gasteiger partial charge in [-0.2, -0.15) is 0 Å². The summed E-state index contributed by atoms with van der Waals surface area (Å²) in [6.45, 7) is 1.56. The molecule has 0 aliphatic carbocycles. The van der Waals surface area contributed by atoms with Gasteiger partial charge in [-0.25, -0.2) is 0 Å². The van der Waals surface area contributed by atoms with Crippen molar-refractivity contribution in [2.45, 2.75) is 24.5 Å². The molecular formula is C15H22N2O3. The van der Waals surface area contributed by atoms with E-state index in [2.05, 4.69) is 5.32 Å². The molecule has 1 amide bonds. The number of amides is 1. The summed E-state index contributed by atoms with van der Waals surface area (Å²) in [4.78, 5) is 12.1. The van der Waals surface area contributed by atoms with Gasteiger partial charge in [-0.05, 0) is 18.4 Å². The molecule has 3 N–H and O–H groups in total. The van der Waals surface area contributed by atoms with Crippen molar-refractivity contribution < 1.29 is 14.3 Å². The maximum absolute atomic E-state index is 12.1. The highest BCUT2D eigenvalue weighted by molar-refractivity contribution is 5.86. The quantitative estimate of drug-likeness (QED) is 0.773. The lowest BCUT2D eigenvalue weighted by atomic mass is 9.89. The van der Waals surface area contributed by atoms with Crippen LogP contribution in [-0.4, -0.2) is 38.9 Å². The normalized spacial score (nSPS) is 21.6. The summed E-state index contributed by atoms with van der Waals surface area (Å²) < 4.78 is 10.8. The van der Waals surface area contributed by atoms with Gasteiger partial charge in [0.05, 0.1) is 12.7 Å². The lowest BCUT2D eigenvalue weighted by Gasteiger charge is -2.32. The number of primary amides is 1. The van der Waals surface area contributed by atoms with Crippen LogP contribution < -0.4 is 11.1 Å². The van der Waals surface area contributed by atoms with Crippen LogP contribution in [-0.2, 0) is 19.8 Å². The van der Waals surface area contributed by atoms with Gasteiger partial charge in [0, 0.05) is 20.3 Å². The van der Waals surface area contributed by atoms with Gasteiger partial charge in [-0.3, -0.25) is 10.1 Å². The van der Waals surface area contributed by atoms with E-state index in [1.807, 2.05) is 30.3 Å². The Hall–Kier alpha value is -1.43. The first-order chi connectivity index (χ1) is 9.69. The van der Waals surface area contributed by atoms with Gasteiger partial charge in [0.2, 0.25) is 5.91 Å². The minimum Gasteiger partial charge on any atom is -0.382 e. The third kappa shape index (κ3) is 3.17. The molecule has 20 heavy (non-hydrogen) atoms. The van der Waals surface area contributed by atoms with Crippen LogP contribution in [0.3, 0.4) is 0 Å². The highest BCUT2D eigenvalue weighted by Crippen LogP contribution is 2.22. The molecule has 1 aliphatic heterocycles. The number of nitrogens with two attached hydrogens (primary N) is 1. The Kier molecular flexibility index (Phi) is 5.11. The zero-order chi connectivity index (χ0) is 14.4. The Labute approximate surface area is 119 Å². The molecule has 0 radical (unpaired) electrons. The van der Waals surface area contributed by atoms with Gasteiger partial charge >= 0.3 is 0 Å². The van der Waals surface area contributed by atoms with Gasteiger partial charge in [-0.1, -0.05) is 30.3 Å². The van der Waals surface area contributed by atoms with Crippen molar-refractivity contribution in [1.29, 1.82) is 0 Å². The number of nitrogens with one attached hydrogen (secondary N) is 1. The third-order valence-electron chi connectivity index (χ3n) is 3.70. The molecule has 2 atom stereocenters. The van der Waals surface area contributed by atoms with Crippen LogP contribution in [0.4, 0.5) is 0 Å². The zero-order valence-corrected chi connectivity index (χ0v) is 11.8. The van der Waals surface area contributed by atoms with E-state index in [0.717, 1.165) is 25.0 Å². The van der Waals surface area contributed by atoms with E-state index in [9.17, 15) is 4.79 Å². The van der Waals surface area contributed by atoms with Crippen molar-refractivity contribution in [3.05, 3.63) is 35.9 Å². The molecule has 1 saturated heterocycles. The highest BCUT2D eigenvalue weighted by Gasteiger charge is 2.39. The fourth-order valence-corrected chi connectivity index (χ4v) is 2.57. The minimum absolute atomic E-state index is 0.134. The van der Waals surface area contributed by atoms with Crippen molar-refractivity contribution in [2.24, 2.45) is 5.73 Å². The molecular weight excluding hydrogens is 256 g/mol. The Morgan fingerprint density at radius 3 is 2.80 bits per heavy atom. The number of carbonyl (C=O) groups excluding carboxylic acids is 1. The molecule has 2 unspecified atom stereocenters. The van der Waals surface area contributed by atoms with Gasteiger partial charge in [0.25, 0.3) is 0 Å². The Bertz CT molecular complexity index is 432. The van der Waals surface area contributed by atoms with Crippen molar-refractivity contribution in [2.75, 3.05) is 26.9 Å². The molecule has 0 spiro atoms. The molecule has 0 saturated carbocycles. The lowest BCUT2D eigenvalue weighted by Crippen LogP contribution is -2.57. The first kappa shape index (κ1) is 15.0. The maximum Gasteiger partial charge on any atom is 0.244 e. The molecule has 1 heterocycles. The summed E-state index contributed by atoms with van der Waals surface area (Å²) >= 11 is 0. The minimum atomic E-state index is -1.01. The number of carbonyl (C=O) groups is 1. The summed E-state index contributed by atoms with van der Waals surface area (Å²) in [5.41, 5.74) is 5.45. The smallest absolute Gasteiger partial charge is 0.244 e. The fourth-order valence-electron chi connectivity index (χ4n) is 2.57. The van der Waals surface area contributed by atoms with Crippen LogP contribution >= 0.6 is 0 Å². The van der Waals surface area contributed by atoms with E-state index in [-0.39, 0.29) is 12.7 Å². The van der Waals surface area contributed by atoms with E-state index < -0.39 is 11.4 Å². The van der Waals surface area contributed by atoms with Gasteiger partial charge in [0.15, 0.2) is 0 Å². The number of hydrogen-bond acceptors (Lipinski definition) is 4. The summed E-state index contributed by atoms with van der Waals surface area (Å²) in [5.74, 6) is -0.441. The Morgan fingerprint density at radius 2 is 2.25 bits per heavy atom. The van der Waals surface area contributed by atoms with Crippen LogP contribution in [0.2, 0.25) is 0 Å². The predicted molar refractivity (Wildman–Crippen MR) is 76.2 cm³/mol. The fraction of sp³-hybridized carbons (Fsp3) is 0.533. The lowest BCUT2D eigenvalue weighted by molar-refractivity contribution is -0.127. The Morgan fingerprint density at radius 1 is 1.50 bits per heavy atom. The Balaban J connectivity index is 2.19. The number of ether oxygens (including phenoxy) is 2. The molecule has 0 bridgehead atoms. The van der Waals surface area contributed by atoms with Gasteiger partial charge < -0.3 is 15.2 Å². The van der Waals surface area contributed by atoms with Crippen molar-refractivity contribution in [3.63, 3.8) is 0 Å². The second-order valence-corrected chi connectivity index (χ2v) is 5.08. The van der Waals surface area contributed by atoms with E-state index in [1.165, 1.54) is 0 Å². The average Bonchev–Trinajstić information content (AvgIpc) is 2.97. The monoisotopic (exact) mass is 278 g/mol. The predicted octanol–water partition coefficient (Wildman–Crippen LogP) is 0.782. The number of hydrogen-bond donors (Lipinski definition) is 2. The second kappa shape index (κ2) is 6.83. The summed E-state index contributed by atoms with van der Waals surface area (Å²) in [7, 11) is 1.56. The van der Waals surface area contributed by atoms with Crippen LogP contribution in [0.1, 0.15) is 18.4 Å². The standard InChI is InChI=1S/C15H22N2O3/c1-19-11-15(14(16)18,12-6-3-2-4-7-12)17-10-13-8-5-9-20-13/h2-4,6-7,13,17H,5,8-11H2,1H3,(H2,16,18). The number of rotatable bonds is 7. The largest absolute Gasteiger partial charge is 0.382 e. The molecule has 110 valence electrons. The summed E-state index contributed by atoms with van der Waals surface area (Å²) in [6.07, 6.45) is 2.20. The van der Waals surface area contributed by atoms with E-state index in [4.69, 9.17) is 15.2 Å². The van der Waals surface area contributed by atoms with Crippen molar-refractivity contribution in [1.82, 2.24) is 5.32 Å². The van der Waals surface area contributed by atoms with E-state index in [1.54, 1.807) is 7.11 Å². The first-order valence-electron chi connectivity index (χ1n) is 6.90. The highest BCUT2D eigenvalue weighted by atomic mass is 16.5. The number of methoxy groups -OCH3 is 1. The molecule has 1 aromatic carbocycles. The molecule has 1 aliphatic rings. The number of benzene rings is 1. The van der Waals surface area contributed by atoms with Crippen molar-refractivity contribution >= 4 is 5.91 Å². The molecule has 5 heteroatoms. The molecule has 0 aromatic heterocycles. The summed E-state index contributed by atoms with van der Waals surface area (Å²) in [6, 6.07) is 9.44. The van der Waals surface area contributed by atoms with E-state index >= 15 is 0 Å². The topological polar surface area (TPSA) is 73.6 Å². The van der Waals surface area contributed by atoms with Crippen LogP contribution in [0, 0.1) is 0 Å². The van der Waals surface area contributed by atoms with Crippen molar-refractivity contribution in [3.8, 4) is 0 Å². The molecule has 2 rings (SSSR count). The zero-order valence-electron chi connectivity index (χ0n) is 11.8. The van der Waals surface area contributed by atoms with Gasteiger partial charge in [-0.15, -0.1) is 0 Å². The molecule has 1 fully saturated rings. The molecule has 5 nitrogen and oxygen atoms in total. The van der Waals surface area contributed by atoms with Crippen LogP contribution in [0.15, 0.2) is 30.3 Å². The van der Waals surface area contributed by atoms with Crippen LogP contribution in [0.5, 0.6) is 0 Å². The third-order valence-corrected chi connectivity index (χ3v) is 3.70. The first-order valence-corrected chi connectivity index (χ1v) is 6.90. The second-order valence-electron chi connectivity index (χ2n) is 5.08. The summed E-state index contributed by atoms with van der Waals surface area (Å²) in [5, 5.41) is 3.27. The molecule has 1 aromatic rings.